The molecule has 0 saturated heterocycles. The number of hydrogen-bond donors (Lipinski definition) is 4. The highest BCUT2D eigenvalue weighted by Gasteiger charge is 2.12. The highest BCUT2D eigenvalue weighted by molar-refractivity contribution is 6.33. The number of halogens is 2. The molecule has 1 amide bonds. The predicted molar refractivity (Wildman–Crippen MR) is 98.7 cm³/mol. The van der Waals surface area contributed by atoms with E-state index in [-0.39, 0.29) is 17.3 Å². The molecule has 0 atom stereocenters. The van der Waals surface area contributed by atoms with Gasteiger partial charge >= 0.3 is 0 Å². The number of rotatable bonds is 5. The number of anilines is 4. The molecular formula is C17H14ClFN6O. The first-order valence-corrected chi connectivity index (χ1v) is 7.86. The zero-order valence-electron chi connectivity index (χ0n) is 13.3. The van der Waals surface area contributed by atoms with Gasteiger partial charge in [-0.3, -0.25) is 15.6 Å². The number of nitrogen functional groups attached to an aromatic ring is 1. The molecule has 2 aromatic carbocycles. The third-order valence-electron chi connectivity index (χ3n) is 3.40. The van der Waals surface area contributed by atoms with Crippen molar-refractivity contribution in [2.75, 3.05) is 16.5 Å². The molecule has 0 saturated carbocycles. The Kier molecular flexibility index (Phi) is 5.14. The number of hydrogen-bond acceptors (Lipinski definition) is 6. The summed E-state index contributed by atoms with van der Waals surface area (Å²) < 4.78 is 13.0. The lowest BCUT2D eigenvalue weighted by atomic mass is 10.2. The van der Waals surface area contributed by atoms with Gasteiger partial charge in [-0.2, -0.15) is 0 Å². The highest BCUT2D eigenvalue weighted by Crippen LogP contribution is 2.25. The number of aromatic nitrogens is 2. The summed E-state index contributed by atoms with van der Waals surface area (Å²) in [6.45, 7) is 0. The number of nitrogens with one attached hydrogen (secondary N) is 3. The lowest BCUT2D eigenvalue weighted by Gasteiger charge is -2.13. The van der Waals surface area contributed by atoms with Crippen LogP contribution < -0.4 is 21.9 Å². The average Bonchev–Trinajstić information content (AvgIpc) is 2.64. The Hall–Kier alpha value is -3.39. The van der Waals surface area contributed by atoms with Crippen molar-refractivity contribution in [3.05, 3.63) is 71.3 Å². The molecule has 0 bridgehead atoms. The fourth-order valence-electron chi connectivity index (χ4n) is 2.09. The zero-order chi connectivity index (χ0) is 18.5. The Labute approximate surface area is 153 Å². The fourth-order valence-corrected chi connectivity index (χ4v) is 2.31. The molecule has 9 heteroatoms. The number of hydrazine groups is 1. The summed E-state index contributed by atoms with van der Waals surface area (Å²) in [6.07, 6.45) is 1.27. The topological polar surface area (TPSA) is 105 Å². The molecule has 0 fully saturated rings. The van der Waals surface area contributed by atoms with Gasteiger partial charge in [0, 0.05) is 5.69 Å². The maximum atomic E-state index is 13.0. The molecule has 1 aromatic heterocycles. The normalized spacial score (nSPS) is 10.2. The van der Waals surface area contributed by atoms with Gasteiger partial charge in [0.05, 0.1) is 10.6 Å². The van der Waals surface area contributed by atoms with E-state index in [9.17, 15) is 9.18 Å². The summed E-state index contributed by atoms with van der Waals surface area (Å²) in [5.41, 5.74) is 12.2. The smallest absolute Gasteiger partial charge is 0.271 e. The third kappa shape index (κ3) is 3.98. The maximum Gasteiger partial charge on any atom is 0.271 e. The number of nitrogens with zero attached hydrogens (tertiary/aromatic N) is 2. The fraction of sp³-hybridized carbons (Fsp3) is 0. The van der Waals surface area contributed by atoms with Crippen LogP contribution in [0.15, 0.2) is 54.9 Å². The van der Waals surface area contributed by atoms with Crippen molar-refractivity contribution in [1.82, 2.24) is 15.4 Å². The second kappa shape index (κ2) is 7.66. The van der Waals surface area contributed by atoms with Gasteiger partial charge in [-0.25, -0.2) is 14.4 Å². The number of nitrogens with two attached hydrogens (primary N) is 1. The van der Waals surface area contributed by atoms with E-state index in [1.54, 1.807) is 36.4 Å². The number of carbonyl (C=O) groups excluding carboxylic acids is 1. The zero-order valence-corrected chi connectivity index (χ0v) is 14.1. The van der Waals surface area contributed by atoms with E-state index in [4.69, 9.17) is 17.3 Å². The van der Waals surface area contributed by atoms with Crippen molar-refractivity contribution < 1.29 is 9.18 Å². The van der Waals surface area contributed by atoms with Crippen LogP contribution in [0.2, 0.25) is 5.02 Å². The number of carbonyl (C=O) groups is 1. The van der Waals surface area contributed by atoms with E-state index < -0.39 is 5.91 Å². The SMILES string of the molecule is Nc1c(NNC(=O)c2ccccc2Cl)ncnc1Nc1ccc(F)cc1. The van der Waals surface area contributed by atoms with Crippen molar-refractivity contribution in [2.24, 2.45) is 0 Å². The summed E-state index contributed by atoms with van der Waals surface area (Å²) in [5, 5.41) is 3.27. The van der Waals surface area contributed by atoms with Gasteiger partial charge in [0.25, 0.3) is 5.91 Å². The van der Waals surface area contributed by atoms with E-state index in [1.807, 2.05) is 0 Å². The van der Waals surface area contributed by atoms with Crippen molar-refractivity contribution in [2.45, 2.75) is 0 Å². The van der Waals surface area contributed by atoms with Gasteiger partial charge in [0.15, 0.2) is 11.6 Å². The van der Waals surface area contributed by atoms with Crippen molar-refractivity contribution in [1.29, 1.82) is 0 Å². The molecule has 3 rings (SSSR count). The lowest BCUT2D eigenvalue weighted by Crippen LogP contribution is -2.30. The highest BCUT2D eigenvalue weighted by atomic mass is 35.5. The quantitative estimate of drug-likeness (QED) is 0.512. The van der Waals surface area contributed by atoms with E-state index in [0.29, 0.717) is 22.1 Å². The molecule has 0 aliphatic heterocycles. The number of amides is 1. The summed E-state index contributed by atoms with van der Waals surface area (Å²) in [7, 11) is 0. The van der Waals surface area contributed by atoms with Crippen molar-refractivity contribution >= 4 is 40.5 Å². The molecular weight excluding hydrogens is 359 g/mol. The van der Waals surface area contributed by atoms with Crippen LogP contribution in [0.5, 0.6) is 0 Å². The van der Waals surface area contributed by atoms with Gasteiger partial charge in [-0.05, 0) is 36.4 Å². The van der Waals surface area contributed by atoms with Gasteiger partial charge < -0.3 is 11.1 Å². The van der Waals surface area contributed by atoms with E-state index in [0.717, 1.165) is 0 Å². The minimum atomic E-state index is -0.443. The Morgan fingerprint density at radius 1 is 1.04 bits per heavy atom. The summed E-state index contributed by atoms with van der Waals surface area (Å²) in [4.78, 5) is 20.2. The van der Waals surface area contributed by atoms with Crippen LogP contribution in [0.4, 0.5) is 27.4 Å². The first-order chi connectivity index (χ1) is 12.5. The molecule has 5 N–H and O–H groups in total. The second-order valence-corrected chi connectivity index (χ2v) is 5.58. The van der Waals surface area contributed by atoms with Crippen LogP contribution in [0.1, 0.15) is 10.4 Å². The van der Waals surface area contributed by atoms with E-state index >= 15 is 0 Å². The van der Waals surface area contributed by atoms with Gasteiger partial charge in [0.2, 0.25) is 0 Å². The van der Waals surface area contributed by atoms with Crippen LogP contribution in [0.25, 0.3) is 0 Å². The summed E-state index contributed by atoms with van der Waals surface area (Å²) in [6, 6.07) is 12.3. The Bertz CT molecular complexity index is 935. The molecule has 26 heavy (non-hydrogen) atoms. The molecule has 0 unspecified atom stereocenters. The Morgan fingerprint density at radius 2 is 1.73 bits per heavy atom. The Balaban J connectivity index is 1.72. The molecule has 132 valence electrons. The lowest BCUT2D eigenvalue weighted by molar-refractivity contribution is 0.0962. The van der Waals surface area contributed by atoms with Crippen LogP contribution in [0.3, 0.4) is 0 Å². The molecule has 3 aromatic rings. The molecule has 0 radical (unpaired) electrons. The number of benzene rings is 2. The first-order valence-electron chi connectivity index (χ1n) is 7.48. The monoisotopic (exact) mass is 372 g/mol. The largest absolute Gasteiger partial charge is 0.393 e. The van der Waals surface area contributed by atoms with Crippen LogP contribution in [0, 0.1) is 5.82 Å². The third-order valence-corrected chi connectivity index (χ3v) is 3.73. The summed E-state index contributed by atoms with van der Waals surface area (Å²) in [5.74, 6) is -0.288. The molecule has 0 aliphatic rings. The van der Waals surface area contributed by atoms with Gasteiger partial charge in [-0.15, -0.1) is 0 Å². The first kappa shape index (κ1) is 17.4. The Morgan fingerprint density at radius 3 is 2.46 bits per heavy atom. The summed E-state index contributed by atoms with van der Waals surface area (Å²) >= 11 is 5.98. The maximum absolute atomic E-state index is 13.0. The van der Waals surface area contributed by atoms with Crippen LogP contribution in [-0.2, 0) is 0 Å². The van der Waals surface area contributed by atoms with E-state index in [1.165, 1.54) is 18.5 Å². The predicted octanol–water partition coefficient (Wildman–Crippen LogP) is 3.35. The standard InChI is InChI=1S/C17H14ClFN6O/c18-13-4-2-1-3-12(13)17(26)25-24-16-14(20)15(21-9-22-16)23-11-7-5-10(19)6-8-11/h1-9H,20H2,(H,25,26)(H2,21,22,23,24). The molecule has 0 aliphatic carbocycles. The van der Waals surface area contributed by atoms with Crippen molar-refractivity contribution in [3.63, 3.8) is 0 Å². The van der Waals surface area contributed by atoms with Gasteiger partial charge in [-0.1, -0.05) is 23.7 Å². The van der Waals surface area contributed by atoms with E-state index in [2.05, 4.69) is 26.1 Å². The van der Waals surface area contributed by atoms with Crippen LogP contribution in [-0.4, -0.2) is 15.9 Å². The van der Waals surface area contributed by atoms with Gasteiger partial charge in [0.1, 0.15) is 17.8 Å². The second-order valence-electron chi connectivity index (χ2n) is 5.18. The minimum absolute atomic E-state index is 0.177. The molecule has 1 heterocycles. The van der Waals surface area contributed by atoms with Crippen LogP contribution >= 0.6 is 11.6 Å². The molecule has 0 spiro atoms. The average molecular weight is 373 g/mol. The minimum Gasteiger partial charge on any atom is -0.393 e. The molecule has 7 nitrogen and oxygen atoms in total. The van der Waals surface area contributed by atoms with Crippen molar-refractivity contribution in [3.8, 4) is 0 Å².